The molecule has 0 atom stereocenters. The Kier molecular flexibility index (Phi) is 4.86. The minimum atomic E-state index is -3.92. The first-order chi connectivity index (χ1) is 13.8. The van der Waals surface area contributed by atoms with Gasteiger partial charge >= 0.3 is 0 Å². The van der Waals surface area contributed by atoms with E-state index in [1.165, 1.54) is 30.3 Å². The van der Waals surface area contributed by atoms with E-state index >= 15 is 0 Å². The minimum absolute atomic E-state index is 0.0147. The first-order valence-electron chi connectivity index (χ1n) is 8.53. The van der Waals surface area contributed by atoms with Crippen LogP contribution in [0.15, 0.2) is 71.6 Å². The van der Waals surface area contributed by atoms with Crippen LogP contribution >= 0.6 is 11.6 Å². The summed E-state index contributed by atoms with van der Waals surface area (Å²) in [5, 5.41) is 3.30. The molecule has 1 amide bonds. The van der Waals surface area contributed by atoms with Gasteiger partial charge in [0.05, 0.1) is 4.90 Å². The van der Waals surface area contributed by atoms with Crippen LogP contribution in [0.25, 0.3) is 11.6 Å². The van der Waals surface area contributed by atoms with Crippen LogP contribution in [0.1, 0.15) is 11.1 Å². The lowest BCUT2D eigenvalue weighted by Gasteiger charge is -2.09. The molecule has 3 aromatic carbocycles. The molecule has 3 aromatic rings. The first kappa shape index (κ1) is 19.2. The average Bonchev–Trinajstić information content (AvgIpc) is 3.00. The third-order valence-corrected chi connectivity index (χ3v) is 5.99. The van der Waals surface area contributed by atoms with Crippen LogP contribution in [-0.4, -0.2) is 14.3 Å². The maximum Gasteiger partial charge on any atom is 0.261 e. The second-order valence-corrected chi connectivity index (χ2v) is 8.50. The van der Waals surface area contributed by atoms with Crippen molar-refractivity contribution >= 4 is 50.6 Å². The van der Waals surface area contributed by atoms with Crippen LogP contribution in [0.4, 0.5) is 15.8 Å². The molecule has 4 rings (SSSR count). The van der Waals surface area contributed by atoms with Crippen LogP contribution in [-0.2, 0) is 14.8 Å². The molecule has 0 radical (unpaired) electrons. The lowest BCUT2D eigenvalue weighted by molar-refractivity contribution is -0.110. The average molecular weight is 429 g/mol. The van der Waals surface area contributed by atoms with Crippen molar-refractivity contribution in [2.75, 3.05) is 10.0 Å². The van der Waals surface area contributed by atoms with Gasteiger partial charge in [0.1, 0.15) is 5.82 Å². The largest absolute Gasteiger partial charge is 0.321 e. The summed E-state index contributed by atoms with van der Waals surface area (Å²) >= 11 is 5.89. The molecule has 0 bridgehead atoms. The molecule has 0 spiro atoms. The normalized spacial score (nSPS) is 14.6. The van der Waals surface area contributed by atoms with Crippen molar-refractivity contribution in [2.45, 2.75) is 4.90 Å². The lowest BCUT2D eigenvalue weighted by Crippen LogP contribution is -2.13. The van der Waals surface area contributed by atoms with E-state index in [1.54, 1.807) is 30.3 Å². The van der Waals surface area contributed by atoms with Crippen molar-refractivity contribution in [1.82, 2.24) is 0 Å². The van der Waals surface area contributed by atoms with E-state index < -0.39 is 15.8 Å². The Morgan fingerprint density at radius 3 is 2.34 bits per heavy atom. The highest BCUT2D eigenvalue weighted by molar-refractivity contribution is 7.92. The van der Waals surface area contributed by atoms with Crippen molar-refractivity contribution < 1.29 is 17.6 Å². The summed E-state index contributed by atoms with van der Waals surface area (Å²) in [6, 6.07) is 16.3. The summed E-state index contributed by atoms with van der Waals surface area (Å²) in [6.45, 7) is 0. The zero-order valence-corrected chi connectivity index (χ0v) is 16.4. The van der Waals surface area contributed by atoms with E-state index in [0.29, 0.717) is 21.8 Å². The monoisotopic (exact) mass is 428 g/mol. The highest BCUT2D eigenvalue weighted by atomic mass is 35.5. The molecular formula is C21H14ClFN2O3S. The Bertz CT molecular complexity index is 1240. The Hall–Kier alpha value is -3.16. The zero-order chi connectivity index (χ0) is 20.6. The number of nitrogens with one attached hydrogen (secondary N) is 2. The van der Waals surface area contributed by atoms with E-state index in [1.807, 2.05) is 0 Å². The minimum Gasteiger partial charge on any atom is -0.321 e. The molecule has 0 aromatic heterocycles. The van der Waals surface area contributed by atoms with Crippen molar-refractivity contribution in [1.29, 1.82) is 0 Å². The van der Waals surface area contributed by atoms with Gasteiger partial charge in [-0.2, -0.15) is 0 Å². The second kappa shape index (κ2) is 7.35. The molecule has 1 aliphatic heterocycles. The van der Waals surface area contributed by atoms with Crippen LogP contribution in [0, 0.1) is 5.82 Å². The number of fused-ring (bicyclic) bond motifs is 1. The van der Waals surface area contributed by atoms with Gasteiger partial charge < -0.3 is 5.32 Å². The van der Waals surface area contributed by atoms with Gasteiger partial charge in [-0.1, -0.05) is 23.7 Å². The summed E-state index contributed by atoms with van der Waals surface area (Å²) in [6.07, 6.45) is 1.67. The molecule has 0 fully saturated rings. The Balaban J connectivity index is 1.70. The van der Waals surface area contributed by atoms with E-state index in [0.717, 1.165) is 17.7 Å². The zero-order valence-electron chi connectivity index (χ0n) is 14.8. The van der Waals surface area contributed by atoms with Gasteiger partial charge in [-0.25, -0.2) is 12.8 Å². The highest BCUT2D eigenvalue weighted by Crippen LogP contribution is 2.35. The molecule has 0 saturated heterocycles. The van der Waals surface area contributed by atoms with Crippen LogP contribution < -0.4 is 10.0 Å². The van der Waals surface area contributed by atoms with Crippen molar-refractivity contribution in [3.63, 3.8) is 0 Å². The molecule has 1 aliphatic rings. The van der Waals surface area contributed by atoms with Crippen molar-refractivity contribution in [3.05, 3.63) is 88.7 Å². The number of hydrogen-bond acceptors (Lipinski definition) is 3. The van der Waals surface area contributed by atoms with E-state index in [2.05, 4.69) is 10.0 Å². The summed E-state index contributed by atoms with van der Waals surface area (Å²) in [7, 11) is -3.92. The van der Waals surface area contributed by atoms with Gasteiger partial charge in [-0.15, -0.1) is 0 Å². The van der Waals surface area contributed by atoms with Crippen LogP contribution in [0.3, 0.4) is 0 Å². The predicted octanol–water partition coefficient (Wildman–Crippen LogP) is 4.77. The molecule has 0 unspecified atom stereocenters. The van der Waals surface area contributed by atoms with Gasteiger partial charge in [0.2, 0.25) is 0 Å². The lowest BCUT2D eigenvalue weighted by atomic mass is 10.0. The molecule has 8 heteroatoms. The molecular weight excluding hydrogens is 415 g/mol. The third kappa shape index (κ3) is 4.01. The number of carbonyl (C=O) groups excluding carboxylic acids is 1. The summed E-state index contributed by atoms with van der Waals surface area (Å²) in [4.78, 5) is 12.4. The number of anilines is 2. The van der Waals surface area contributed by atoms with Gasteiger partial charge in [0.25, 0.3) is 15.9 Å². The Morgan fingerprint density at radius 2 is 1.66 bits per heavy atom. The van der Waals surface area contributed by atoms with Crippen LogP contribution in [0.5, 0.6) is 0 Å². The summed E-state index contributed by atoms with van der Waals surface area (Å²) in [5.41, 5.74) is 2.34. The fraction of sp³-hybridized carbons (Fsp3) is 0. The van der Waals surface area contributed by atoms with Gasteiger partial charge in [0, 0.05) is 27.5 Å². The molecule has 2 N–H and O–H groups in total. The number of amides is 1. The molecule has 29 heavy (non-hydrogen) atoms. The number of halogens is 2. The van der Waals surface area contributed by atoms with Gasteiger partial charge in [-0.05, 0) is 66.2 Å². The highest BCUT2D eigenvalue weighted by Gasteiger charge is 2.26. The standard InChI is InChI=1S/C21H14ClFN2O3S/c22-14-3-1-13(2-4-14)11-19-18-12-17(9-10-20(18)24-21(19)26)29(27,28)25-16-7-5-15(23)6-8-16/h1-12,25H,(H,24,26)/b19-11-. The topological polar surface area (TPSA) is 75.3 Å². The fourth-order valence-corrected chi connectivity index (χ4v) is 4.15. The Morgan fingerprint density at radius 1 is 0.966 bits per heavy atom. The van der Waals surface area contributed by atoms with Crippen molar-refractivity contribution in [3.8, 4) is 0 Å². The first-order valence-corrected chi connectivity index (χ1v) is 10.4. The van der Waals surface area contributed by atoms with Gasteiger partial charge in [0.15, 0.2) is 0 Å². The number of sulfonamides is 1. The van der Waals surface area contributed by atoms with E-state index in [4.69, 9.17) is 11.6 Å². The maximum absolute atomic E-state index is 13.0. The number of benzene rings is 3. The molecule has 1 heterocycles. The SMILES string of the molecule is O=C1Nc2ccc(S(=O)(=O)Nc3ccc(F)cc3)cc2/C1=C/c1ccc(Cl)cc1. The van der Waals surface area contributed by atoms with Crippen molar-refractivity contribution in [2.24, 2.45) is 0 Å². The van der Waals surface area contributed by atoms with E-state index in [9.17, 15) is 17.6 Å². The predicted molar refractivity (Wildman–Crippen MR) is 112 cm³/mol. The molecule has 146 valence electrons. The fourth-order valence-electron chi connectivity index (χ4n) is 2.94. The Labute approximate surface area is 171 Å². The third-order valence-electron chi connectivity index (χ3n) is 4.36. The van der Waals surface area contributed by atoms with Gasteiger partial charge in [-0.3, -0.25) is 9.52 Å². The number of carbonyl (C=O) groups is 1. The molecule has 0 saturated carbocycles. The molecule has 5 nitrogen and oxygen atoms in total. The van der Waals surface area contributed by atoms with E-state index in [-0.39, 0.29) is 16.5 Å². The summed E-state index contributed by atoms with van der Waals surface area (Å²) in [5.74, 6) is -0.789. The smallest absolute Gasteiger partial charge is 0.261 e. The van der Waals surface area contributed by atoms with Crippen LogP contribution in [0.2, 0.25) is 5.02 Å². The quantitative estimate of drug-likeness (QED) is 0.587. The molecule has 0 aliphatic carbocycles. The second-order valence-electron chi connectivity index (χ2n) is 6.38. The number of hydrogen-bond donors (Lipinski definition) is 2. The summed E-state index contributed by atoms with van der Waals surface area (Å²) < 4.78 is 40.9. The number of rotatable bonds is 4. The maximum atomic E-state index is 13.0.